The predicted molar refractivity (Wildman–Crippen MR) is 169 cm³/mol. The first kappa shape index (κ1) is 9.76. The van der Waals surface area contributed by atoms with E-state index in [1.54, 1.807) is 0 Å². The summed E-state index contributed by atoms with van der Waals surface area (Å²) in [5, 5.41) is -0.766. The van der Waals surface area contributed by atoms with Crippen LogP contribution < -0.4 is 15.7 Å². The van der Waals surface area contributed by atoms with E-state index in [2.05, 4.69) is 0 Å². The second kappa shape index (κ2) is 8.42. The largest absolute Gasteiger partial charge is 0.456 e. The van der Waals surface area contributed by atoms with Crippen LogP contribution in [0.1, 0.15) is 30.2 Å². The Balaban J connectivity index is 1.53. The molecule has 2 aliphatic rings. The van der Waals surface area contributed by atoms with Crippen LogP contribution in [0.3, 0.4) is 0 Å². The lowest BCUT2D eigenvalue weighted by Crippen LogP contribution is -2.46. The van der Waals surface area contributed by atoms with Crippen molar-refractivity contribution in [1.29, 1.82) is 0 Å². The highest BCUT2D eigenvalue weighted by Gasteiger charge is 2.39. The van der Waals surface area contributed by atoms with Gasteiger partial charge in [0.15, 0.2) is 0 Å². The fourth-order valence-electron chi connectivity index (χ4n) is 5.08. The maximum absolute atomic E-state index is 9.58. The molecule has 4 heteroatoms. The van der Waals surface area contributed by atoms with Crippen LogP contribution in [-0.4, -0.2) is 10.6 Å². The normalized spacial score (nSPS) is 20.8. The van der Waals surface area contributed by atoms with E-state index in [-0.39, 0.29) is 37.7 Å². The maximum atomic E-state index is 9.58. The van der Waals surface area contributed by atoms with Crippen LogP contribution in [-0.2, 0) is 0 Å². The third-order valence-electron chi connectivity index (χ3n) is 6.71. The molecule has 0 unspecified atom stereocenters. The van der Waals surface area contributed by atoms with E-state index in [0.717, 1.165) is 16.2 Å². The third-order valence-corrected chi connectivity index (χ3v) is 7.96. The molecule has 40 heavy (non-hydrogen) atoms. The van der Waals surface area contributed by atoms with Crippen LogP contribution in [0.5, 0.6) is 11.5 Å². The Morgan fingerprint density at radius 3 is 2.12 bits per heavy atom. The van der Waals surface area contributed by atoms with Crippen molar-refractivity contribution in [3.63, 3.8) is 0 Å². The lowest BCUT2D eigenvalue weighted by Gasteiger charge is -2.34. The molecule has 0 saturated carbocycles. The third kappa shape index (κ3) is 3.08. The van der Waals surface area contributed by atoms with Crippen LogP contribution in [0.25, 0.3) is 49.7 Å². The Morgan fingerprint density at radius 1 is 0.625 bits per heavy atom. The Bertz CT molecular complexity index is 3240. The molecule has 7 aromatic rings. The van der Waals surface area contributed by atoms with Crippen molar-refractivity contribution in [2.75, 3.05) is 0 Å². The van der Waals surface area contributed by atoms with Gasteiger partial charge in [-0.2, -0.15) is 11.6 Å². The van der Waals surface area contributed by atoms with Gasteiger partial charge in [0.25, 0.3) is 5.99 Å². The van der Waals surface area contributed by atoms with Gasteiger partial charge in [0.05, 0.1) is 46.9 Å². The van der Waals surface area contributed by atoms with Crippen LogP contribution in [0.4, 0.5) is 0 Å². The molecule has 2 nitrogen and oxygen atoms in total. The van der Waals surface area contributed by atoms with Crippen molar-refractivity contribution in [2.45, 2.75) is 4.90 Å². The van der Waals surface area contributed by atoms with Crippen molar-refractivity contribution in [3.05, 3.63) is 133 Å². The molecule has 0 amide bonds. The number of fused-ring (bicyclic) bond motifs is 7. The molecule has 0 fully saturated rings. The van der Waals surface area contributed by atoms with Gasteiger partial charge in [-0.05, 0) is 69.4 Å². The number of ether oxygens (including phenoxy) is 1. The second-order valence-electron chi connectivity index (χ2n) is 8.80. The van der Waals surface area contributed by atoms with Gasteiger partial charge in [0.1, 0.15) is 11.5 Å². The lowest BCUT2D eigenvalue weighted by atomic mass is 9.57. The zero-order valence-corrected chi connectivity index (χ0v) is 20.7. The summed E-state index contributed by atoms with van der Waals surface area (Å²) in [4.78, 5) is -0.173. The summed E-state index contributed by atoms with van der Waals surface area (Å²) in [6, 6.07) is -16.5. The molecule has 2 aliphatic heterocycles. The highest BCUT2D eigenvalue weighted by atomic mass is 32.2. The molecule has 0 N–H and O–H groups in total. The van der Waals surface area contributed by atoms with Gasteiger partial charge >= 0.3 is 0 Å². The molecule has 0 atom stereocenters. The topological polar surface area (TPSA) is 14.2 Å². The second-order valence-corrected chi connectivity index (χ2v) is 9.91. The van der Waals surface area contributed by atoms with E-state index in [1.165, 1.54) is 0 Å². The highest BCUT2D eigenvalue weighted by molar-refractivity contribution is 8.28. The van der Waals surface area contributed by atoms with E-state index in [1.807, 2.05) is 0 Å². The molecule has 0 saturated heterocycles. The van der Waals surface area contributed by atoms with Gasteiger partial charge in [-0.1, -0.05) is 96.7 Å². The lowest BCUT2D eigenvalue weighted by molar-refractivity contribution is 0.486. The smallest absolute Gasteiger partial charge is 0.289 e. The van der Waals surface area contributed by atoms with E-state index >= 15 is 0 Å². The van der Waals surface area contributed by atoms with E-state index in [4.69, 9.17) is 29.4 Å². The van der Waals surface area contributed by atoms with Gasteiger partial charge in [0.2, 0.25) is 0 Å². The van der Waals surface area contributed by atoms with E-state index in [9.17, 15) is 5.48 Å². The monoisotopic (exact) mass is 549 g/mol. The minimum absolute atomic E-state index is 0.131. The number of benzene rings is 6. The van der Waals surface area contributed by atoms with Crippen molar-refractivity contribution < 1.29 is 34.9 Å². The average Bonchev–Trinajstić information content (AvgIpc) is 3.60. The quantitative estimate of drug-likeness (QED) is 0.201. The first-order valence-electron chi connectivity index (χ1n) is 22.8. The summed E-state index contributed by atoms with van der Waals surface area (Å²) < 4.78 is 202. The molecule has 0 spiro atoms. The average molecular weight is 550 g/mol. The van der Waals surface area contributed by atoms with Crippen LogP contribution in [0.15, 0.2) is 138 Å². The number of hydrogen-bond acceptors (Lipinski definition) is 2. The van der Waals surface area contributed by atoms with Crippen LogP contribution in [0.2, 0.25) is 0 Å². The number of para-hydroxylation sites is 3. The fraction of sp³-hybridized carbons (Fsp3) is 0. The first-order valence-corrected chi connectivity index (χ1v) is 12.7. The highest BCUT2D eigenvalue weighted by Crippen LogP contribution is 2.46. The van der Waals surface area contributed by atoms with Crippen molar-refractivity contribution in [1.82, 2.24) is 4.57 Å². The molecule has 6 aromatic carbocycles. The van der Waals surface area contributed by atoms with Crippen molar-refractivity contribution in [3.8, 4) is 39.4 Å². The molecule has 0 aliphatic carbocycles. The molecular formula is C36H22BNOS. The number of nitrogens with zero attached hydrogens (tertiary/aromatic N) is 1. The Kier molecular flexibility index (Phi) is 2.05. The van der Waals surface area contributed by atoms with Crippen molar-refractivity contribution in [2.24, 2.45) is 0 Å². The first-order chi connectivity index (χ1) is 29.0. The number of aromatic nitrogens is 1. The summed E-state index contributed by atoms with van der Waals surface area (Å²) in [7, 11) is 0. The SMILES string of the molecule is [2H]c1c([2H])c([2H])c(-c2c([2H])c3c4c(c2[2H])-c2c([2H])c([2H])c([2H])c([2H])c2SB4c2c([2H])c([2H])c([2H])c(-n4c5c([2H])c([2H])c([2H])c([2H])c5c5c([2H])c([2H])c([2H])c([2H])c54)c2O3)c([2H])c1[2H]. The Morgan fingerprint density at radius 2 is 1.32 bits per heavy atom. The summed E-state index contributed by atoms with van der Waals surface area (Å²) >= 11 is 0.732. The predicted octanol–water partition coefficient (Wildman–Crippen LogP) is 8.43. The summed E-state index contributed by atoms with van der Waals surface area (Å²) in [6.07, 6.45) is 0. The van der Waals surface area contributed by atoms with Crippen LogP contribution in [0, 0.1) is 0 Å². The maximum Gasteiger partial charge on any atom is 0.289 e. The zero-order chi connectivity index (χ0) is 45.4. The molecule has 0 radical (unpaired) electrons. The Hall–Kier alpha value is -4.67. The number of hydrogen-bond donors (Lipinski definition) is 0. The molecule has 186 valence electrons. The van der Waals surface area contributed by atoms with Crippen molar-refractivity contribution >= 4 is 50.3 Å². The zero-order valence-electron chi connectivity index (χ0n) is 41.8. The number of rotatable bonds is 2. The molecular weight excluding hydrogens is 505 g/mol. The van der Waals surface area contributed by atoms with Crippen LogP contribution >= 0.6 is 11.6 Å². The van der Waals surface area contributed by atoms with Gasteiger partial charge in [-0.25, -0.2) is 0 Å². The van der Waals surface area contributed by atoms with Gasteiger partial charge in [0, 0.05) is 15.7 Å². The van der Waals surface area contributed by atoms with E-state index < -0.39 is 178 Å². The van der Waals surface area contributed by atoms with Gasteiger partial charge in [-0.3, -0.25) is 0 Å². The summed E-state index contributed by atoms with van der Waals surface area (Å²) in [5.41, 5.74) is -3.73. The standard InChI is InChI=1S/C36H22BNOS/c1-2-11-23(12-3-1)24-21-28-27-15-6-9-20-34(27)40-37-29-16-10-19-32(36(29)39-33(22-24)35(28)37)38-30-17-7-4-13-25(30)26-14-5-8-18-31(26)38/h1-22H/i1D,2D,3D,4D,5D,6D,7D,8D,9D,10D,11D,12D,13D,14D,15D,16D,17D,18D,19D,20D,21D,22D. The Labute approximate surface area is 267 Å². The molecule has 9 rings (SSSR count). The molecule has 1 aromatic heterocycles. The minimum atomic E-state index is -1.41. The molecule has 3 heterocycles. The fourth-order valence-corrected chi connectivity index (χ4v) is 6.33. The summed E-state index contributed by atoms with van der Waals surface area (Å²) in [5.74, 6) is -2.49. The van der Waals surface area contributed by atoms with E-state index in [0.29, 0.717) is 0 Å². The van der Waals surface area contributed by atoms with Gasteiger partial charge < -0.3 is 9.30 Å². The minimum Gasteiger partial charge on any atom is -0.456 e. The van der Waals surface area contributed by atoms with Gasteiger partial charge in [-0.15, -0.1) is 0 Å². The summed E-state index contributed by atoms with van der Waals surface area (Å²) in [6.45, 7) is 0. The molecule has 0 bridgehead atoms.